The molecule has 2 aliphatic rings. The van der Waals surface area contributed by atoms with Gasteiger partial charge in [-0.1, -0.05) is 18.2 Å². The van der Waals surface area contributed by atoms with E-state index in [4.69, 9.17) is 0 Å². The van der Waals surface area contributed by atoms with Crippen molar-refractivity contribution in [3.63, 3.8) is 0 Å². The van der Waals surface area contributed by atoms with E-state index in [1.54, 1.807) is 0 Å². The van der Waals surface area contributed by atoms with Gasteiger partial charge in [-0.15, -0.1) is 0 Å². The van der Waals surface area contributed by atoms with E-state index in [1.165, 1.54) is 24.8 Å². The lowest BCUT2D eigenvalue weighted by molar-refractivity contribution is 0.214. The maximum absolute atomic E-state index is 9.17. The molecule has 0 aromatic heterocycles. The van der Waals surface area contributed by atoms with Gasteiger partial charge in [0.1, 0.15) is 0 Å². The molecule has 19 heavy (non-hydrogen) atoms. The SMILES string of the molecule is CN1C2CCC1CN(Cc1ccccc1C#N)CC2. The number of hydrogen-bond acceptors (Lipinski definition) is 3. The highest BCUT2D eigenvalue weighted by molar-refractivity contribution is 5.37. The molecule has 0 amide bonds. The molecule has 2 aliphatic heterocycles. The summed E-state index contributed by atoms with van der Waals surface area (Å²) >= 11 is 0. The van der Waals surface area contributed by atoms with Crippen LogP contribution in [0.2, 0.25) is 0 Å². The van der Waals surface area contributed by atoms with Gasteiger partial charge in [0.15, 0.2) is 0 Å². The molecule has 2 heterocycles. The Morgan fingerprint density at radius 1 is 1.21 bits per heavy atom. The summed E-state index contributed by atoms with van der Waals surface area (Å²) in [6.45, 7) is 3.22. The van der Waals surface area contributed by atoms with Crippen molar-refractivity contribution in [2.75, 3.05) is 20.1 Å². The third kappa shape index (κ3) is 2.51. The minimum Gasteiger partial charge on any atom is -0.299 e. The van der Waals surface area contributed by atoms with E-state index < -0.39 is 0 Å². The minimum atomic E-state index is 0.710. The highest BCUT2D eigenvalue weighted by atomic mass is 15.3. The van der Waals surface area contributed by atoms with Crippen LogP contribution in [-0.4, -0.2) is 42.0 Å². The molecule has 0 saturated carbocycles. The van der Waals surface area contributed by atoms with E-state index in [0.717, 1.165) is 31.2 Å². The van der Waals surface area contributed by atoms with Crippen LogP contribution in [0.15, 0.2) is 24.3 Å². The Kier molecular flexibility index (Phi) is 3.54. The van der Waals surface area contributed by atoms with Crippen LogP contribution in [0.5, 0.6) is 0 Å². The van der Waals surface area contributed by atoms with Crippen molar-refractivity contribution in [2.24, 2.45) is 0 Å². The molecule has 2 fully saturated rings. The molecule has 1 aromatic rings. The predicted molar refractivity (Wildman–Crippen MR) is 75.6 cm³/mol. The number of likely N-dealkylation sites (N-methyl/N-ethyl adjacent to an activating group) is 1. The number of hydrogen-bond donors (Lipinski definition) is 0. The highest BCUT2D eigenvalue weighted by Crippen LogP contribution is 2.29. The molecule has 2 unspecified atom stereocenters. The minimum absolute atomic E-state index is 0.710. The molecule has 1 aromatic carbocycles. The Labute approximate surface area is 115 Å². The smallest absolute Gasteiger partial charge is 0.0995 e. The lowest BCUT2D eigenvalue weighted by Crippen LogP contribution is -2.36. The van der Waals surface area contributed by atoms with E-state index >= 15 is 0 Å². The van der Waals surface area contributed by atoms with E-state index in [2.05, 4.69) is 29.0 Å². The Morgan fingerprint density at radius 2 is 2.00 bits per heavy atom. The second-order valence-electron chi connectivity index (χ2n) is 5.84. The van der Waals surface area contributed by atoms with Gasteiger partial charge in [-0.3, -0.25) is 9.80 Å². The number of nitriles is 1. The maximum Gasteiger partial charge on any atom is 0.0995 e. The first kappa shape index (κ1) is 12.7. The third-order valence-electron chi connectivity index (χ3n) is 4.76. The summed E-state index contributed by atoms with van der Waals surface area (Å²) in [6, 6.07) is 11.8. The Bertz CT molecular complexity index is 491. The van der Waals surface area contributed by atoms with Crippen molar-refractivity contribution in [1.29, 1.82) is 5.26 Å². The average molecular weight is 255 g/mol. The van der Waals surface area contributed by atoms with Crippen molar-refractivity contribution in [3.05, 3.63) is 35.4 Å². The maximum atomic E-state index is 9.17. The molecule has 0 radical (unpaired) electrons. The van der Waals surface area contributed by atoms with Crippen molar-refractivity contribution in [2.45, 2.75) is 37.9 Å². The largest absolute Gasteiger partial charge is 0.299 e. The second kappa shape index (κ2) is 5.32. The van der Waals surface area contributed by atoms with Crippen LogP contribution in [0.3, 0.4) is 0 Å². The summed E-state index contributed by atoms with van der Waals surface area (Å²) in [7, 11) is 2.27. The molecular formula is C16H21N3. The molecule has 3 heteroatoms. The Hall–Kier alpha value is -1.37. The van der Waals surface area contributed by atoms with E-state index in [-0.39, 0.29) is 0 Å². The zero-order chi connectivity index (χ0) is 13.2. The van der Waals surface area contributed by atoms with Gasteiger partial charge in [0.25, 0.3) is 0 Å². The summed E-state index contributed by atoms with van der Waals surface area (Å²) in [5.41, 5.74) is 2.00. The average Bonchev–Trinajstić information content (AvgIpc) is 2.68. The van der Waals surface area contributed by atoms with Crippen LogP contribution in [0.4, 0.5) is 0 Å². The van der Waals surface area contributed by atoms with Gasteiger partial charge in [0.05, 0.1) is 11.6 Å². The van der Waals surface area contributed by atoms with Crippen LogP contribution in [0, 0.1) is 11.3 Å². The fourth-order valence-corrected chi connectivity index (χ4v) is 3.53. The molecule has 0 spiro atoms. The molecule has 0 aliphatic carbocycles. The Morgan fingerprint density at radius 3 is 2.84 bits per heavy atom. The molecule has 2 saturated heterocycles. The number of likely N-dealkylation sites (tertiary alicyclic amines) is 1. The number of nitrogens with zero attached hydrogens (tertiary/aromatic N) is 3. The monoisotopic (exact) mass is 255 g/mol. The van der Waals surface area contributed by atoms with Crippen molar-refractivity contribution >= 4 is 0 Å². The standard InChI is InChI=1S/C16H21N3/c1-18-15-6-7-16(18)12-19(9-8-15)11-14-5-3-2-4-13(14)10-17/h2-5,15-16H,6-9,11-12H2,1H3. The predicted octanol–water partition coefficient (Wildman–Crippen LogP) is 2.23. The summed E-state index contributed by atoms with van der Waals surface area (Å²) in [6.07, 6.45) is 3.96. The van der Waals surface area contributed by atoms with Crippen molar-refractivity contribution in [1.82, 2.24) is 9.80 Å². The van der Waals surface area contributed by atoms with Gasteiger partial charge in [-0.2, -0.15) is 5.26 Å². The van der Waals surface area contributed by atoms with E-state index in [1.807, 2.05) is 18.2 Å². The molecule has 100 valence electrons. The molecule has 3 nitrogen and oxygen atoms in total. The van der Waals surface area contributed by atoms with Crippen LogP contribution >= 0.6 is 0 Å². The van der Waals surface area contributed by atoms with Crippen molar-refractivity contribution < 1.29 is 0 Å². The van der Waals surface area contributed by atoms with E-state index in [9.17, 15) is 5.26 Å². The zero-order valence-electron chi connectivity index (χ0n) is 11.5. The Balaban J connectivity index is 1.72. The summed E-state index contributed by atoms with van der Waals surface area (Å²) in [5, 5.41) is 9.17. The van der Waals surface area contributed by atoms with Crippen LogP contribution < -0.4 is 0 Å². The number of rotatable bonds is 2. The van der Waals surface area contributed by atoms with Crippen LogP contribution in [0.1, 0.15) is 30.4 Å². The summed E-state index contributed by atoms with van der Waals surface area (Å²) in [5.74, 6) is 0. The molecule has 2 bridgehead atoms. The van der Waals surface area contributed by atoms with Gasteiger partial charge in [-0.25, -0.2) is 0 Å². The van der Waals surface area contributed by atoms with Gasteiger partial charge < -0.3 is 0 Å². The third-order valence-corrected chi connectivity index (χ3v) is 4.76. The summed E-state index contributed by atoms with van der Waals surface area (Å²) < 4.78 is 0. The fourth-order valence-electron chi connectivity index (χ4n) is 3.53. The van der Waals surface area contributed by atoms with Crippen LogP contribution in [-0.2, 0) is 6.54 Å². The molecule has 0 N–H and O–H groups in total. The highest BCUT2D eigenvalue weighted by Gasteiger charge is 2.34. The first-order chi connectivity index (χ1) is 9.28. The van der Waals surface area contributed by atoms with Gasteiger partial charge >= 0.3 is 0 Å². The first-order valence-electron chi connectivity index (χ1n) is 7.20. The van der Waals surface area contributed by atoms with Gasteiger partial charge in [-0.05, 0) is 37.9 Å². The quantitative estimate of drug-likeness (QED) is 0.812. The number of benzene rings is 1. The van der Waals surface area contributed by atoms with E-state index in [0.29, 0.717) is 6.04 Å². The molecule has 2 atom stereocenters. The normalized spacial score (nSPS) is 28.0. The first-order valence-corrected chi connectivity index (χ1v) is 7.20. The second-order valence-corrected chi connectivity index (χ2v) is 5.84. The van der Waals surface area contributed by atoms with Crippen molar-refractivity contribution in [3.8, 4) is 6.07 Å². The van der Waals surface area contributed by atoms with Crippen LogP contribution in [0.25, 0.3) is 0 Å². The lowest BCUT2D eigenvalue weighted by atomic mass is 10.1. The van der Waals surface area contributed by atoms with Gasteiger partial charge in [0, 0.05) is 31.7 Å². The molecular weight excluding hydrogens is 234 g/mol. The lowest BCUT2D eigenvalue weighted by Gasteiger charge is -2.25. The fraction of sp³-hybridized carbons (Fsp3) is 0.562. The molecule has 3 rings (SSSR count). The van der Waals surface area contributed by atoms with Gasteiger partial charge in [0.2, 0.25) is 0 Å². The zero-order valence-corrected chi connectivity index (χ0v) is 11.5. The summed E-state index contributed by atoms with van der Waals surface area (Å²) in [4.78, 5) is 5.09. The topological polar surface area (TPSA) is 30.3 Å². The number of fused-ring (bicyclic) bond motifs is 2.